The summed E-state index contributed by atoms with van der Waals surface area (Å²) >= 11 is 0. The molecule has 110 valence electrons. The Kier molecular flexibility index (Phi) is 5.11. The third-order valence-corrected chi connectivity index (χ3v) is 2.92. The molecule has 21 heavy (non-hydrogen) atoms. The molecule has 3 N–H and O–H groups in total. The Morgan fingerprint density at radius 1 is 1.14 bits per heavy atom. The fourth-order valence-electron chi connectivity index (χ4n) is 1.87. The minimum Gasteiger partial charge on any atom is -0.468 e. The molecule has 0 radical (unpaired) electrons. The molecule has 0 unspecified atom stereocenters. The molecule has 0 saturated carbocycles. The largest absolute Gasteiger partial charge is 0.468 e. The lowest BCUT2D eigenvalue weighted by Gasteiger charge is -2.17. The third kappa shape index (κ3) is 4.19. The number of nitrogens with one attached hydrogen (secondary N) is 3. The Labute approximate surface area is 122 Å². The second-order valence-corrected chi connectivity index (χ2v) is 4.37. The number of imide groups is 1. The van der Waals surface area contributed by atoms with Gasteiger partial charge in [-0.1, -0.05) is 30.3 Å². The average Bonchev–Trinajstić information content (AvgIpc) is 3.01. The molecule has 1 aromatic heterocycles. The molecule has 0 saturated heterocycles. The van der Waals surface area contributed by atoms with E-state index in [0.717, 1.165) is 5.56 Å². The number of carbonyl (C=O) groups is 2. The normalized spacial score (nSPS) is 11.7. The van der Waals surface area contributed by atoms with Crippen LogP contribution in [0.25, 0.3) is 0 Å². The maximum atomic E-state index is 12.2. The van der Waals surface area contributed by atoms with E-state index in [1.165, 1.54) is 7.05 Å². The van der Waals surface area contributed by atoms with E-state index in [9.17, 15) is 9.59 Å². The summed E-state index contributed by atoms with van der Waals surface area (Å²) in [4.78, 5) is 23.5. The van der Waals surface area contributed by atoms with Gasteiger partial charge in [0.25, 0.3) is 0 Å². The Hall–Kier alpha value is -2.60. The van der Waals surface area contributed by atoms with Crippen LogP contribution in [0.1, 0.15) is 17.4 Å². The SMILES string of the molecule is CNC(=O)NC(=O)[C@@H](NCc1ccco1)c1ccccc1. The quantitative estimate of drug-likeness (QED) is 0.779. The molecule has 0 aliphatic carbocycles. The molecule has 0 aliphatic rings. The Morgan fingerprint density at radius 2 is 1.90 bits per heavy atom. The van der Waals surface area contributed by atoms with E-state index in [2.05, 4.69) is 16.0 Å². The molecule has 1 atom stereocenters. The van der Waals surface area contributed by atoms with Gasteiger partial charge in [-0.15, -0.1) is 0 Å². The first kappa shape index (κ1) is 14.8. The topological polar surface area (TPSA) is 83.4 Å². The highest BCUT2D eigenvalue weighted by Crippen LogP contribution is 2.14. The second kappa shape index (κ2) is 7.25. The van der Waals surface area contributed by atoms with Crippen molar-refractivity contribution in [1.29, 1.82) is 0 Å². The molecule has 0 fully saturated rings. The zero-order chi connectivity index (χ0) is 15.1. The van der Waals surface area contributed by atoms with E-state index < -0.39 is 18.0 Å². The molecule has 2 aromatic rings. The molecule has 0 spiro atoms. The maximum Gasteiger partial charge on any atom is 0.321 e. The van der Waals surface area contributed by atoms with Crippen molar-refractivity contribution >= 4 is 11.9 Å². The van der Waals surface area contributed by atoms with Gasteiger partial charge in [0, 0.05) is 7.05 Å². The monoisotopic (exact) mass is 287 g/mol. The van der Waals surface area contributed by atoms with Crippen LogP contribution < -0.4 is 16.0 Å². The van der Waals surface area contributed by atoms with Gasteiger partial charge in [0.2, 0.25) is 5.91 Å². The fraction of sp³-hybridized carbons (Fsp3) is 0.200. The molecule has 0 aliphatic heterocycles. The number of amides is 3. The van der Waals surface area contributed by atoms with Crippen molar-refractivity contribution in [3.8, 4) is 0 Å². The molecular weight excluding hydrogens is 270 g/mol. The summed E-state index contributed by atoms with van der Waals surface area (Å²) in [5.41, 5.74) is 0.769. The maximum absolute atomic E-state index is 12.2. The van der Waals surface area contributed by atoms with Crippen LogP contribution in [0.5, 0.6) is 0 Å². The van der Waals surface area contributed by atoms with Crippen molar-refractivity contribution in [3.05, 3.63) is 60.1 Å². The molecule has 1 aromatic carbocycles. The Morgan fingerprint density at radius 3 is 2.52 bits per heavy atom. The number of benzene rings is 1. The minimum atomic E-state index is -0.645. The van der Waals surface area contributed by atoms with E-state index in [1.54, 1.807) is 12.3 Å². The lowest BCUT2D eigenvalue weighted by atomic mass is 10.1. The van der Waals surface area contributed by atoms with Gasteiger partial charge in [-0.25, -0.2) is 4.79 Å². The summed E-state index contributed by atoms with van der Waals surface area (Å²) in [5.74, 6) is 0.288. The lowest BCUT2D eigenvalue weighted by molar-refractivity contribution is -0.122. The number of carbonyl (C=O) groups excluding carboxylic acids is 2. The molecular formula is C15H17N3O3. The third-order valence-electron chi connectivity index (χ3n) is 2.92. The molecule has 1 heterocycles. The zero-order valence-electron chi connectivity index (χ0n) is 11.6. The number of hydrogen-bond acceptors (Lipinski definition) is 4. The van der Waals surface area contributed by atoms with Gasteiger partial charge in [0.15, 0.2) is 0 Å². The summed E-state index contributed by atoms with van der Waals surface area (Å²) in [5, 5.41) is 7.71. The predicted molar refractivity (Wildman–Crippen MR) is 77.3 cm³/mol. The Bertz CT molecular complexity index is 581. The first-order chi connectivity index (χ1) is 10.2. The van der Waals surface area contributed by atoms with Crippen molar-refractivity contribution in [2.24, 2.45) is 0 Å². The van der Waals surface area contributed by atoms with Crippen LogP contribution in [0.3, 0.4) is 0 Å². The van der Waals surface area contributed by atoms with Gasteiger partial charge in [0.1, 0.15) is 11.8 Å². The van der Waals surface area contributed by atoms with Gasteiger partial charge in [-0.2, -0.15) is 0 Å². The second-order valence-electron chi connectivity index (χ2n) is 4.37. The van der Waals surface area contributed by atoms with Crippen LogP contribution in [0.4, 0.5) is 4.79 Å². The Balaban J connectivity index is 2.10. The van der Waals surface area contributed by atoms with E-state index in [1.807, 2.05) is 36.4 Å². The summed E-state index contributed by atoms with van der Waals surface area (Å²) in [6.07, 6.45) is 1.57. The summed E-state index contributed by atoms with van der Waals surface area (Å²) in [6.45, 7) is 0.383. The van der Waals surface area contributed by atoms with Gasteiger partial charge in [-0.3, -0.25) is 15.4 Å². The first-order valence-electron chi connectivity index (χ1n) is 6.54. The van der Waals surface area contributed by atoms with Gasteiger partial charge < -0.3 is 9.73 Å². The summed E-state index contributed by atoms with van der Waals surface area (Å²) in [6, 6.07) is 11.6. The number of hydrogen-bond donors (Lipinski definition) is 3. The van der Waals surface area contributed by atoms with Gasteiger partial charge in [-0.05, 0) is 17.7 Å². The fourth-order valence-corrected chi connectivity index (χ4v) is 1.87. The number of rotatable bonds is 5. The first-order valence-corrected chi connectivity index (χ1v) is 6.54. The smallest absolute Gasteiger partial charge is 0.321 e. The highest BCUT2D eigenvalue weighted by molar-refractivity contribution is 5.97. The van der Waals surface area contributed by atoms with Crippen LogP contribution in [-0.4, -0.2) is 19.0 Å². The number of urea groups is 1. The van der Waals surface area contributed by atoms with E-state index >= 15 is 0 Å². The van der Waals surface area contributed by atoms with Crippen LogP contribution in [0.15, 0.2) is 53.1 Å². The average molecular weight is 287 g/mol. The van der Waals surface area contributed by atoms with E-state index in [0.29, 0.717) is 12.3 Å². The molecule has 0 bridgehead atoms. The molecule has 3 amide bonds. The standard InChI is InChI=1S/C15H17N3O3/c1-16-15(20)18-14(19)13(11-6-3-2-4-7-11)17-10-12-8-5-9-21-12/h2-9,13,17H,10H2,1H3,(H2,16,18,19,20)/t13-/m0/s1. The summed E-state index contributed by atoms with van der Waals surface area (Å²) < 4.78 is 5.23. The van der Waals surface area contributed by atoms with Crippen molar-refractivity contribution in [3.63, 3.8) is 0 Å². The lowest BCUT2D eigenvalue weighted by Crippen LogP contribution is -2.43. The number of furan rings is 1. The minimum absolute atomic E-state index is 0.383. The van der Waals surface area contributed by atoms with Gasteiger partial charge in [0.05, 0.1) is 12.8 Å². The van der Waals surface area contributed by atoms with Crippen LogP contribution in [0, 0.1) is 0 Å². The van der Waals surface area contributed by atoms with E-state index in [4.69, 9.17) is 4.42 Å². The van der Waals surface area contributed by atoms with Crippen molar-refractivity contribution in [1.82, 2.24) is 16.0 Å². The molecule has 2 rings (SSSR count). The van der Waals surface area contributed by atoms with Crippen molar-refractivity contribution in [2.45, 2.75) is 12.6 Å². The highest BCUT2D eigenvalue weighted by Gasteiger charge is 2.21. The van der Waals surface area contributed by atoms with Crippen molar-refractivity contribution in [2.75, 3.05) is 7.05 Å². The summed E-state index contributed by atoms with van der Waals surface area (Å²) in [7, 11) is 1.45. The molecule has 6 heteroatoms. The van der Waals surface area contributed by atoms with Crippen LogP contribution in [-0.2, 0) is 11.3 Å². The van der Waals surface area contributed by atoms with E-state index in [-0.39, 0.29) is 0 Å². The predicted octanol–water partition coefficient (Wildman–Crippen LogP) is 1.57. The highest BCUT2D eigenvalue weighted by atomic mass is 16.3. The zero-order valence-corrected chi connectivity index (χ0v) is 11.6. The molecule has 6 nitrogen and oxygen atoms in total. The van der Waals surface area contributed by atoms with Gasteiger partial charge >= 0.3 is 6.03 Å². The van der Waals surface area contributed by atoms with Crippen molar-refractivity contribution < 1.29 is 14.0 Å². The van der Waals surface area contributed by atoms with Crippen LogP contribution in [0.2, 0.25) is 0 Å². The van der Waals surface area contributed by atoms with Crippen LogP contribution >= 0.6 is 0 Å².